The fourth-order valence-electron chi connectivity index (χ4n) is 16.9. The highest BCUT2D eigenvalue weighted by molar-refractivity contribution is 6.29. The minimum atomic E-state index is 0.632. The van der Waals surface area contributed by atoms with Crippen LogP contribution < -0.4 is 0 Å². The van der Waals surface area contributed by atoms with E-state index in [-0.39, 0.29) is 0 Å². The molecule has 0 saturated carbocycles. The molecule has 22 aromatic rings. The predicted octanol–water partition coefficient (Wildman–Crippen LogP) is 25.6. The maximum atomic E-state index is 10.0. The van der Waals surface area contributed by atoms with Crippen molar-refractivity contribution in [2.45, 2.75) is 0 Å². The summed E-state index contributed by atoms with van der Waals surface area (Å²) in [5.74, 6) is 1.90. The number of nitrogens with zero attached hydrogens (tertiary/aromatic N) is 7. The average molecular weight is 1340 g/mol. The summed E-state index contributed by atoms with van der Waals surface area (Å²) in [7, 11) is 0. The van der Waals surface area contributed by atoms with Crippen molar-refractivity contribution >= 4 is 130 Å². The van der Waals surface area contributed by atoms with Crippen LogP contribution in [0.25, 0.3) is 209 Å². The second kappa shape index (κ2) is 24.0. The third-order valence-electron chi connectivity index (χ3n) is 21.7. The minimum Gasteiger partial charge on any atom is -0.309 e. The number of benzene rings is 19. The number of para-hydroxylation sites is 2. The molecule has 7 nitrogen and oxygen atoms in total. The number of aromatic nitrogens is 5. The molecule has 0 aliphatic heterocycles. The minimum absolute atomic E-state index is 0.632. The van der Waals surface area contributed by atoms with Gasteiger partial charge in [0.1, 0.15) is 0 Å². The molecule has 0 fully saturated rings. The zero-order valence-electron chi connectivity index (χ0n) is 57.0. The van der Waals surface area contributed by atoms with Gasteiger partial charge in [-0.15, -0.1) is 0 Å². The van der Waals surface area contributed by atoms with Crippen LogP contribution in [0, 0.1) is 22.7 Å². The highest BCUT2D eigenvalue weighted by Gasteiger charge is 2.25. The molecule has 19 aromatic carbocycles. The molecule has 0 N–H and O–H groups in total. The molecule has 0 spiro atoms. The molecule has 0 saturated heterocycles. The van der Waals surface area contributed by atoms with Crippen molar-refractivity contribution in [1.29, 1.82) is 10.5 Å². The summed E-state index contributed by atoms with van der Waals surface area (Å²) in [6, 6.07) is 127. The van der Waals surface area contributed by atoms with E-state index < -0.39 is 0 Å². The third-order valence-corrected chi connectivity index (χ3v) is 21.7. The van der Waals surface area contributed by atoms with Gasteiger partial charge in [0.15, 0.2) is 17.5 Å². The third kappa shape index (κ3) is 9.55. The van der Waals surface area contributed by atoms with E-state index in [4.69, 9.17) is 15.0 Å². The SMILES string of the molecule is N#Cc1cc2ccc3cc(-c4cc5c6ccccc6c(-c6nc(-c7ccccc7)nc(-c7ccccc7)n6)cc5c5ccccc45)cc4c3c2c(c1)n4-c1ccccc1.N#Cc1cc2ccc3cc(-c4ccc(-c5cc6c7ccccc7ccc6c6ccccc56)cc4)cc4c3c2c(c1)n4-c1ccccc1. The van der Waals surface area contributed by atoms with Crippen LogP contribution in [0.1, 0.15) is 11.1 Å². The van der Waals surface area contributed by atoms with Crippen LogP contribution in [-0.2, 0) is 0 Å². The summed E-state index contributed by atoms with van der Waals surface area (Å²) >= 11 is 0. The lowest BCUT2D eigenvalue weighted by atomic mass is 9.88. The first-order chi connectivity index (χ1) is 52.4. The van der Waals surface area contributed by atoms with Gasteiger partial charge in [0.05, 0.1) is 45.3 Å². The quantitative estimate of drug-likeness (QED) is 0.141. The van der Waals surface area contributed by atoms with E-state index >= 15 is 0 Å². The van der Waals surface area contributed by atoms with Gasteiger partial charge in [-0.25, -0.2) is 15.0 Å². The number of nitriles is 2. The molecular weight excluding hydrogens is 1290 g/mol. The van der Waals surface area contributed by atoms with E-state index in [1.165, 1.54) is 81.5 Å². The smallest absolute Gasteiger partial charge is 0.164 e. The van der Waals surface area contributed by atoms with E-state index in [0.29, 0.717) is 28.6 Å². The summed E-state index contributed by atoms with van der Waals surface area (Å²) in [5.41, 5.74) is 17.7. The Morgan fingerprint density at radius 3 is 1.05 bits per heavy atom. The van der Waals surface area contributed by atoms with Crippen molar-refractivity contribution in [3.8, 4) is 91.1 Å². The standard InChI is InChI=1S/C54H31N5.C45H26N2/c55-32-33-26-36-24-25-37-28-38(29-49-51(37)50(36)48(27-33)59(49)39-18-8-3-9-19-39)44-30-45-42-22-12-13-23-43(42)47(31-46(45)41-21-11-10-20-40(41)44)54-57-52(34-14-4-1-5-15-34)56-53(58-54)35-16-6-2-7-17-35;46-27-28-22-32-18-19-33-24-34(25-43-45(33)44(32)42(23-28)47(43)35-9-2-1-3-10-35)29-14-16-31(17-15-29)40-26-41-36-11-5-4-8-30(36)20-21-39(41)37-12-6-7-13-38(37)40/h1-31H;1-26H. The van der Waals surface area contributed by atoms with Crippen LogP contribution in [0.5, 0.6) is 0 Å². The second-order valence-corrected chi connectivity index (χ2v) is 27.6. The number of hydrogen-bond donors (Lipinski definition) is 0. The summed E-state index contributed by atoms with van der Waals surface area (Å²) in [6.07, 6.45) is 0. The topological polar surface area (TPSA) is 96.1 Å². The Morgan fingerprint density at radius 1 is 0.208 bits per heavy atom. The first-order valence-corrected chi connectivity index (χ1v) is 35.7. The van der Waals surface area contributed by atoms with Crippen LogP contribution in [0.3, 0.4) is 0 Å². The lowest BCUT2D eigenvalue weighted by Crippen LogP contribution is -2.00. The Morgan fingerprint density at radius 2 is 0.547 bits per heavy atom. The number of fused-ring (bicyclic) bond motifs is 10. The lowest BCUT2D eigenvalue weighted by molar-refractivity contribution is 1.08. The molecule has 3 aromatic heterocycles. The highest BCUT2D eigenvalue weighted by Crippen LogP contribution is 2.48. The molecule has 0 atom stereocenters. The normalized spacial score (nSPS) is 11.8. The lowest BCUT2D eigenvalue weighted by Gasteiger charge is -2.17. The van der Waals surface area contributed by atoms with Crippen molar-refractivity contribution in [1.82, 2.24) is 24.1 Å². The Kier molecular flexibility index (Phi) is 13.6. The van der Waals surface area contributed by atoms with Crippen LogP contribution >= 0.6 is 0 Å². The Labute approximate surface area is 608 Å². The first kappa shape index (κ1) is 60.2. The fraction of sp³-hybridized carbons (Fsp3) is 0. The molecule has 0 unspecified atom stereocenters. The molecule has 0 aliphatic rings. The molecule has 3 heterocycles. The first-order valence-electron chi connectivity index (χ1n) is 35.7. The predicted molar refractivity (Wildman–Crippen MR) is 439 cm³/mol. The molecule has 22 rings (SSSR count). The van der Waals surface area contributed by atoms with Crippen molar-refractivity contribution < 1.29 is 0 Å². The Hall–Kier alpha value is -14.6. The van der Waals surface area contributed by atoms with E-state index in [1.54, 1.807) is 0 Å². The molecule has 0 bridgehead atoms. The molecule has 106 heavy (non-hydrogen) atoms. The van der Waals surface area contributed by atoms with E-state index in [2.05, 4.69) is 270 Å². The summed E-state index contributed by atoms with van der Waals surface area (Å²) in [6.45, 7) is 0. The van der Waals surface area contributed by atoms with Crippen molar-refractivity contribution in [3.05, 3.63) is 357 Å². The molecular formula is C99H57N7. The maximum Gasteiger partial charge on any atom is 0.164 e. The van der Waals surface area contributed by atoms with E-state index in [1.807, 2.05) is 97.1 Å². The Bertz CT molecular complexity index is 7380. The number of rotatable bonds is 8. The molecule has 7 heteroatoms. The van der Waals surface area contributed by atoms with E-state index in [0.717, 1.165) is 110 Å². The van der Waals surface area contributed by atoms with Gasteiger partial charge in [-0.05, 0) is 211 Å². The highest BCUT2D eigenvalue weighted by atomic mass is 15.0. The fourth-order valence-corrected chi connectivity index (χ4v) is 16.9. The molecule has 0 radical (unpaired) electrons. The van der Waals surface area contributed by atoms with Gasteiger partial charge in [-0.3, -0.25) is 0 Å². The van der Waals surface area contributed by atoms with Gasteiger partial charge < -0.3 is 9.13 Å². The Balaban J connectivity index is 0.000000140. The monoisotopic (exact) mass is 1340 g/mol. The summed E-state index contributed by atoms with van der Waals surface area (Å²) < 4.78 is 4.64. The van der Waals surface area contributed by atoms with E-state index in [9.17, 15) is 10.5 Å². The largest absolute Gasteiger partial charge is 0.309 e. The molecule has 0 amide bonds. The zero-order chi connectivity index (χ0) is 70.1. The molecule has 488 valence electrons. The van der Waals surface area contributed by atoms with Crippen LogP contribution in [0.15, 0.2) is 346 Å². The van der Waals surface area contributed by atoms with Gasteiger partial charge in [0.25, 0.3) is 0 Å². The van der Waals surface area contributed by atoms with Crippen molar-refractivity contribution in [3.63, 3.8) is 0 Å². The van der Waals surface area contributed by atoms with Gasteiger partial charge >= 0.3 is 0 Å². The summed E-state index contributed by atoms with van der Waals surface area (Å²) in [4.78, 5) is 15.3. The zero-order valence-corrected chi connectivity index (χ0v) is 57.0. The number of hydrogen-bond acceptors (Lipinski definition) is 5. The van der Waals surface area contributed by atoms with Crippen LogP contribution in [-0.4, -0.2) is 24.1 Å². The molecule has 0 aliphatic carbocycles. The maximum absolute atomic E-state index is 10.0. The van der Waals surface area contributed by atoms with Crippen molar-refractivity contribution in [2.75, 3.05) is 0 Å². The van der Waals surface area contributed by atoms with Gasteiger partial charge in [-0.2, -0.15) is 10.5 Å². The average Bonchev–Trinajstić information content (AvgIpc) is 1.56. The van der Waals surface area contributed by atoms with Crippen LogP contribution in [0.4, 0.5) is 0 Å². The summed E-state index contributed by atoms with van der Waals surface area (Å²) in [5, 5.41) is 43.7. The second-order valence-electron chi connectivity index (χ2n) is 27.6. The van der Waals surface area contributed by atoms with Crippen molar-refractivity contribution in [2.24, 2.45) is 0 Å². The van der Waals surface area contributed by atoms with Crippen LogP contribution in [0.2, 0.25) is 0 Å². The van der Waals surface area contributed by atoms with Gasteiger partial charge in [0.2, 0.25) is 0 Å². The van der Waals surface area contributed by atoms with Gasteiger partial charge in [-0.1, -0.05) is 255 Å². The van der Waals surface area contributed by atoms with Gasteiger partial charge in [0, 0.05) is 49.6 Å².